The second-order valence-corrected chi connectivity index (χ2v) is 4.02. The molecule has 1 amide bonds. The van der Waals surface area contributed by atoms with Crippen molar-refractivity contribution >= 4 is 11.9 Å². The van der Waals surface area contributed by atoms with Crippen molar-refractivity contribution in [2.45, 2.75) is 26.3 Å². The van der Waals surface area contributed by atoms with Crippen LogP contribution in [0.2, 0.25) is 0 Å². The predicted molar refractivity (Wildman–Crippen MR) is 62.2 cm³/mol. The molecule has 0 heterocycles. The standard InChI is InChI=1S/C13H17NO3/c1-3-9(2)11(13(16)17)14-12(15)10-7-5-4-6-8-10/h4-9,11H,3H2,1-2H3,(H,14,15)(H,16,17)/p-1/t9-,11+/m1/s1. The van der Waals surface area contributed by atoms with Gasteiger partial charge in [-0.2, -0.15) is 0 Å². The van der Waals surface area contributed by atoms with E-state index in [9.17, 15) is 14.7 Å². The fourth-order valence-corrected chi connectivity index (χ4v) is 1.48. The number of hydrogen-bond donors (Lipinski definition) is 1. The molecule has 1 N–H and O–H groups in total. The van der Waals surface area contributed by atoms with Crippen LogP contribution in [0.5, 0.6) is 0 Å². The van der Waals surface area contributed by atoms with Crippen LogP contribution in [0.4, 0.5) is 0 Å². The number of benzene rings is 1. The summed E-state index contributed by atoms with van der Waals surface area (Å²) in [7, 11) is 0. The molecule has 0 saturated carbocycles. The number of amides is 1. The van der Waals surface area contributed by atoms with Gasteiger partial charge in [-0.3, -0.25) is 4.79 Å². The average molecular weight is 234 g/mol. The van der Waals surface area contributed by atoms with Crippen molar-refractivity contribution in [1.29, 1.82) is 0 Å². The van der Waals surface area contributed by atoms with Crippen molar-refractivity contribution in [1.82, 2.24) is 5.32 Å². The van der Waals surface area contributed by atoms with Gasteiger partial charge in [0.1, 0.15) is 0 Å². The molecule has 92 valence electrons. The van der Waals surface area contributed by atoms with E-state index >= 15 is 0 Å². The fourth-order valence-electron chi connectivity index (χ4n) is 1.48. The number of carboxylic acid groups (broad SMARTS) is 1. The molecule has 4 heteroatoms. The summed E-state index contributed by atoms with van der Waals surface area (Å²) in [5.41, 5.74) is 0.446. The number of carbonyl (C=O) groups excluding carboxylic acids is 2. The zero-order chi connectivity index (χ0) is 12.8. The van der Waals surface area contributed by atoms with Gasteiger partial charge >= 0.3 is 0 Å². The van der Waals surface area contributed by atoms with Crippen LogP contribution in [0.25, 0.3) is 0 Å². The first-order chi connectivity index (χ1) is 8.06. The molecule has 0 aliphatic heterocycles. The normalized spacial score (nSPS) is 13.8. The maximum Gasteiger partial charge on any atom is 0.251 e. The second-order valence-electron chi connectivity index (χ2n) is 4.02. The molecule has 0 unspecified atom stereocenters. The predicted octanol–water partition coefficient (Wildman–Crippen LogP) is 0.581. The minimum Gasteiger partial charge on any atom is -0.548 e. The zero-order valence-electron chi connectivity index (χ0n) is 9.97. The molecule has 0 aliphatic rings. The van der Waals surface area contributed by atoms with Crippen LogP contribution in [-0.2, 0) is 4.79 Å². The molecule has 0 fully saturated rings. The highest BCUT2D eigenvalue weighted by Crippen LogP contribution is 2.08. The molecule has 0 bridgehead atoms. The van der Waals surface area contributed by atoms with Gasteiger partial charge in [0.15, 0.2) is 0 Å². The zero-order valence-corrected chi connectivity index (χ0v) is 9.97. The van der Waals surface area contributed by atoms with Crippen molar-refractivity contribution in [2.24, 2.45) is 5.92 Å². The van der Waals surface area contributed by atoms with Crippen LogP contribution >= 0.6 is 0 Å². The van der Waals surface area contributed by atoms with E-state index in [1.807, 2.05) is 6.92 Å². The Balaban J connectivity index is 2.75. The van der Waals surface area contributed by atoms with Gasteiger partial charge in [0.05, 0.1) is 12.0 Å². The van der Waals surface area contributed by atoms with Crippen molar-refractivity contribution in [2.75, 3.05) is 0 Å². The van der Waals surface area contributed by atoms with E-state index in [1.54, 1.807) is 37.3 Å². The first kappa shape index (κ1) is 13.2. The lowest BCUT2D eigenvalue weighted by atomic mass is 9.99. The first-order valence-corrected chi connectivity index (χ1v) is 5.63. The second kappa shape index (κ2) is 6.03. The Kier molecular flexibility index (Phi) is 4.69. The smallest absolute Gasteiger partial charge is 0.251 e. The van der Waals surface area contributed by atoms with E-state index in [4.69, 9.17) is 0 Å². The fraction of sp³-hybridized carbons (Fsp3) is 0.385. The Labute approximate surface area is 101 Å². The number of carboxylic acids is 1. The summed E-state index contributed by atoms with van der Waals surface area (Å²) in [6.45, 7) is 3.64. The van der Waals surface area contributed by atoms with E-state index in [0.717, 1.165) is 0 Å². The van der Waals surface area contributed by atoms with Crippen LogP contribution in [0.1, 0.15) is 30.6 Å². The molecule has 0 saturated heterocycles. The summed E-state index contributed by atoms with van der Waals surface area (Å²) in [6, 6.07) is 7.57. The monoisotopic (exact) mass is 234 g/mol. The Morgan fingerprint density at radius 2 is 1.88 bits per heavy atom. The van der Waals surface area contributed by atoms with E-state index in [0.29, 0.717) is 12.0 Å². The topological polar surface area (TPSA) is 69.2 Å². The molecule has 0 spiro atoms. The van der Waals surface area contributed by atoms with Gasteiger partial charge in [0.25, 0.3) is 5.91 Å². The van der Waals surface area contributed by atoms with Crippen LogP contribution in [0.15, 0.2) is 30.3 Å². The molecule has 0 aromatic heterocycles. The summed E-state index contributed by atoms with van der Waals surface area (Å²) >= 11 is 0. The van der Waals surface area contributed by atoms with E-state index in [1.165, 1.54) is 0 Å². The van der Waals surface area contributed by atoms with Gasteiger partial charge < -0.3 is 15.2 Å². The number of hydrogen-bond acceptors (Lipinski definition) is 3. The summed E-state index contributed by atoms with van der Waals surface area (Å²) in [6.07, 6.45) is 0.660. The number of aliphatic carboxylic acids is 1. The number of carbonyl (C=O) groups is 2. The Morgan fingerprint density at radius 3 is 2.35 bits per heavy atom. The largest absolute Gasteiger partial charge is 0.548 e. The van der Waals surface area contributed by atoms with Crippen LogP contribution in [-0.4, -0.2) is 17.9 Å². The molecule has 0 radical (unpaired) electrons. The molecule has 1 aromatic rings. The molecule has 1 aromatic carbocycles. The molecular weight excluding hydrogens is 218 g/mol. The maximum atomic E-state index is 11.8. The summed E-state index contributed by atoms with van der Waals surface area (Å²) in [5, 5.41) is 13.4. The van der Waals surface area contributed by atoms with Crippen LogP contribution in [0, 0.1) is 5.92 Å². The Hall–Kier alpha value is -1.84. The number of rotatable bonds is 5. The third-order valence-electron chi connectivity index (χ3n) is 2.79. The quantitative estimate of drug-likeness (QED) is 0.810. The molecule has 17 heavy (non-hydrogen) atoms. The minimum absolute atomic E-state index is 0.160. The maximum absolute atomic E-state index is 11.8. The van der Waals surface area contributed by atoms with E-state index in [2.05, 4.69) is 5.32 Å². The molecule has 0 aliphatic carbocycles. The average Bonchev–Trinajstić information content (AvgIpc) is 2.35. The van der Waals surface area contributed by atoms with Crippen LogP contribution < -0.4 is 10.4 Å². The van der Waals surface area contributed by atoms with Gasteiger partial charge in [-0.15, -0.1) is 0 Å². The molecular formula is C13H16NO3-. The summed E-state index contributed by atoms with van der Waals surface area (Å²) in [5.74, 6) is -1.80. The SMILES string of the molecule is CC[C@@H](C)[C@H](NC(=O)c1ccccc1)C(=O)[O-]. The van der Waals surface area contributed by atoms with Crippen molar-refractivity contribution in [3.63, 3.8) is 0 Å². The Bertz CT molecular complexity index is 389. The van der Waals surface area contributed by atoms with E-state index in [-0.39, 0.29) is 11.8 Å². The summed E-state index contributed by atoms with van der Waals surface area (Å²) < 4.78 is 0. The first-order valence-electron chi connectivity index (χ1n) is 5.63. The lowest BCUT2D eigenvalue weighted by Gasteiger charge is -2.25. The van der Waals surface area contributed by atoms with Crippen molar-refractivity contribution in [3.05, 3.63) is 35.9 Å². The van der Waals surface area contributed by atoms with Gasteiger partial charge in [-0.25, -0.2) is 0 Å². The Morgan fingerprint density at radius 1 is 1.29 bits per heavy atom. The molecule has 2 atom stereocenters. The van der Waals surface area contributed by atoms with Crippen LogP contribution in [0.3, 0.4) is 0 Å². The third kappa shape index (κ3) is 3.59. The highest BCUT2D eigenvalue weighted by molar-refractivity contribution is 5.96. The molecule has 4 nitrogen and oxygen atoms in total. The highest BCUT2D eigenvalue weighted by atomic mass is 16.4. The molecule has 1 rings (SSSR count). The van der Waals surface area contributed by atoms with Gasteiger partial charge in [0.2, 0.25) is 0 Å². The highest BCUT2D eigenvalue weighted by Gasteiger charge is 2.19. The van der Waals surface area contributed by atoms with Gasteiger partial charge in [-0.1, -0.05) is 38.5 Å². The summed E-state index contributed by atoms with van der Waals surface area (Å²) in [4.78, 5) is 22.7. The number of nitrogens with one attached hydrogen (secondary N) is 1. The lowest BCUT2D eigenvalue weighted by molar-refractivity contribution is -0.309. The van der Waals surface area contributed by atoms with Gasteiger partial charge in [0, 0.05) is 5.56 Å². The van der Waals surface area contributed by atoms with Gasteiger partial charge in [-0.05, 0) is 18.1 Å². The minimum atomic E-state index is -1.25. The lowest BCUT2D eigenvalue weighted by Crippen LogP contribution is -2.51. The third-order valence-corrected chi connectivity index (χ3v) is 2.79. The van der Waals surface area contributed by atoms with Crippen molar-refractivity contribution < 1.29 is 14.7 Å². The van der Waals surface area contributed by atoms with Crippen molar-refractivity contribution in [3.8, 4) is 0 Å². The van der Waals surface area contributed by atoms with E-state index < -0.39 is 12.0 Å².